The minimum Gasteiger partial charge on any atom is -0.393 e. The van der Waals surface area contributed by atoms with Crippen molar-refractivity contribution in [2.45, 2.75) is 97.7 Å². The van der Waals surface area contributed by atoms with Gasteiger partial charge in [-0.15, -0.1) is 5.11 Å². The molecule has 0 aromatic carbocycles. The first-order chi connectivity index (χ1) is 14.8. The molecular formula is C26H43N3O2. The number of azo groups is 1. The standard InChI is InChI=1S/C26H43N3O2/c1-5-17-21-13-16(30)8-10-26(21,4)20-9-11-25(3)18(6-7-19(25)23(20)24(17)31)15(2)12-22-27-14-28-29-22/h15-21,23-24,30-31H,5-14H2,1-4H3/t15-,16-,17-,18-,19?,20?,21+,23+,24-,25-,26-/m1/s1. The van der Waals surface area contributed by atoms with Crippen molar-refractivity contribution in [3.63, 3.8) is 0 Å². The van der Waals surface area contributed by atoms with E-state index in [2.05, 4.69) is 42.9 Å². The van der Waals surface area contributed by atoms with Crippen molar-refractivity contribution in [1.82, 2.24) is 0 Å². The number of aliphatic hydroxyl groups excluding tert-OH is 2. The Labute approximate surface area is 188 Å². The molecule has 31 heavy (non-hydrogen) atoms. The van der Waals surface area contributed by atoms with E-state index < -0.39 is 0 Å². The molecule has 1 heterocycles. The Balaban J connectivity index is 1.42. The third-order valence-corrected chi connectivity index (χ3v) is 11.2. The molecular weight excluding hydrogens is 386 g/mol. The molecule has 5 nitrogen and oxygen atoms in total. The number of rotatable bonds is 4. The number of aliphatic hydroxyl groups is 2. The summed E-state index contributed by atoms with van der Waals surface area (Å²) in [6.07, 6.45) is 9.66. The molecule has 0 radical (unpaired) electrons. The van der Waals surface area contributed by atoms with Gasteiger partial charge >= 0.3 is 0 Å². The van der Waals surface area contributed by atoms with E-state index in [0.717, 1.165) is 37.9 Å². The van der Waals surface area contributed by atoms with Crippen LogP contribution in [0.4, 0.5) is 0 Å². The highest BCUT2D eigenvalue weighted by Crippen LogP contribution is 2.69. The SMILES string of the molecule is CC[C@H]1[C@@H](O)[C@H]2C3CC[C@H]([C@H](C)CC4=NCN=N4)[C@@]3(C)CCC2[C@@]2(C)CC[C@@H](O)C[C@@H]12. The summed E-state index contributed by atoms with van der Waals surface area (Å²) in [6.45, 7) is 10.2. The molecule has 4 saturated carbocycles. The van der Waals surface area contributed by atoms with Gasteiger partial charge < -0.3 is 10.2 Å². The van der Waals surface area contributed by atoms with Crippen LogP contribution in [0, 0.1) is 52.3 Å². The first-order valence-electron chi connectivity index (χ1n) is 13.1. The Morgan fingerprint density at radius 2 is 1.74 bits per heavy atom. The van der Waals surface area contributed by atoms with E-state index in [9.17, 15) is 10.2 Å². The summed E-state index contributed by atoms with van der Waals surface area (Å²) in [6, 6.07) is 0. The smallest absolute Gasteiger partial charge is 0.152 e. The van der Waals surface area contributed by atoms with Crippen molar-refractivity contribution < 1.29 is 10.2 Å². The largest absolute Gasteiger partial charge is 0.393 e. The number of hydrogen-bond donors (Lipinski definition) is 2. The molecule has 5 aliphatic rings. The van der Waals surface area contributed by atoms with Gasteiger partial charge in [-0.1, -0.05) is 34.1 Å². The fourth-order valence-corrected chi connectivity index (χ4v) is 9.73. The van der Waals surface area contributed by atoms with Gasteiger partial charge in [-0.05, 0) is 97.2 Å². The third kappa shape index (κ3) is 3.27. The number of aliphatic imine (C=N–C) groups is 1. The maximum absolute atomic E-state index is 11.8. The number of hydrogen-bond acceptors (Lipinski definition) is 5. The number of fused-ring (bicyclic) bond motifs is 5. The van der Waals surface area contributed by atoms with Crippen molar-refractivity contribution in [2.75, 3.05) is 6.67 Å². The molecule has 0 saturated heterocycles. The summed E-state index contributed by atoms with van der Waals surface area (Å²) < 4.78 is 0. The highest BCUT2D eigenvalue weighted by Gasteiger charge is 2.64. The van der Waals surface area contributed by atoms with Gasteiger partial charge in [-0.2, -0.15) is 5.11 Å². The van der Waals surface area contributed by atoms with E-state index in [-0.39, 0.29) is 17.6 Å². The first-order valence-corrected chi connectivity index (χ1v) is 13.1. The molecule has 4 aliphatic carbocycles. The van der Waals surface area contributed by atoms with Crippen LogP contribution in [0.25, 0.3) is 0 Å². The van der Waals surface area contributed by atoms with E-state index in [1.165, 1.54) is 25.7 Å². The summed E-state index contributed by atoms with van der Waals surface area (Å²) in [5, 5.41) is 30.5. The van der Waals surface area contributed by atoms with Gasteiger partial charge in [-0.25, -0.2) is 4.99 Å². The molecule has 2 unspecified atom stereocenters. The minimum absolute atomic E-state index is 0.169. The van der Waals surface area contributed by atoms with Crippen LogP contribution in [0.2, 0.25) is 0 Å². The van der Waals surface area contributed by atoms with Gasteiger partial charge in [0.1, 0.15) is 5.84 Å². The topological polar surface area (TPSA) is 77.5 Å². The summed E-state index contributed by atoms with van der Waals surface area (Å²) in [5.74, 6) is 4.68. The predicted octanol–water partition coefficient (Wildman–Crippen LogP) is 5.46. The molecule has 0 amide bonds. The summed E-state index contributed by atoms with van der Waals surface area (Å²) >= 11 is 0. The third-order valence-electron chi connectivity index (χ3n) is 11.2. The first kappa shape index (κ1) is 22.0. The Kier molecular flexibility index (Phi) is 5.61. The molecule has 2 N–H and O–H groups in total. The van der Waals surface area contributed by atoms with Gasteiger partial charge in [0.05, 0.1) is 12.2 Å². The normalized spacial score (nSPS) is 52.3. The van der Waals surface area contributed by atoms with Crippen LogP contribution in [0.1, 0.15) is 85.5 Å². The molecule has 5 heteroatoms. The lowest BCUT2D eigenvalue weighted by Gasteiger charge is -2.64. The fraction of sp³-hybridized carbons (Fsp3) is 0.962. The lowest BCUT2D eigenvalue weighted by molar-refractivity contribution is -0.203. The maximum Gasteiger partial charge on any atom is 0.152 e. The van der Waals surface area contributed by atoms with Crippen molar-refractivity contribution in [3.05, 3.63) is 0 Å². The lowest BCUT2D eigenvalue weighted by Crippen LogP contribution is -2.62. The second kappa shape index (κ2) is 7.90. The van der Waals surface area contributed by atoms with Gasteiger partial charge in [0.15, 0.2) is 6.67 Å². The minimum atomic E-state index is -0.204. The highest BCUT2D eigenvalue weighted by molar-refractivity contribution is 5.83. The van der Waals surface area contributed by atoms with E-state index in [1.807, 2.05) is 0 Å². The van der Waals surface area contributed by atoms with Crippen LogP contribution < -0.4 is 0 Å². The second-order valence-electron chi connectivity index (χ2n) is 12.3. The van der Waals surface area contributed by atoms with Crippen molar-refractivity contribution in [1.29, 1.82) is 0 Å². The van der Waals surface area contributed by atoms with Crippen molar-refractivity contribution in [2.24, 2.45) is 67.5 Å². The van der Waals surface area contributed by atoms with Gasteiger partial charge in [0.25, 0.3) is 0 Å². The van der Waals surface area contributed by atoms with Gasteiger partial charge in [0, 0.05) is 6.42 Å². The molecule has 5 rings (SSSR count). The van der Waals surface area contributed by atoms with E-state index in [0.29, 0.717) is 53.5 Å². The summed E-state index contributed by atoms with van der Waals surface area (Å²) in [7, 11) is 0. The van der Waals surface area contributed by atoms with Gasteiger partial charge in [-0.3, -0.25) is 0 Å². The van der Waals surface area contributed by atoms with Crippen LogP contribution in [0.5, 0.6) is 0 Å². The number of nitrogens with zero attached hydrogens (tertiary/aromatic N) is 3. The van der Waals surface area contributed by atoms with Crippen LogP contribution in [0.3, 0.4) is 0 Å². The average Bonchev–Trinajstić information content (AvgIpc) is 3.36. The van der Waals surface area contributed by atoms with E-state index in [1.54, 1.807) is 0 Å². The van der Waals surface area contributed by atoms with E-state index >= 15 is 0 Å². The van der Waals surface area contributed by atoms with Crippen LogP contribution >= 0.6 is 0 Å². The molecule has 0 spiro atoms. The number of amidine groups is 1. The van der Waals surface area contributed by atoms with Crippen molar-refractivity contribution in [3.8, 4) is 0 Å². The second-order valence-corrected chi connectivity index (χ2v) is 12.3. The highest BCUT2D eigenvalue weighted by atomic mass is 16.3. The zero-order chi connectivity index (χ0) is 22.0. The monoisotopic (exact) mass is 429 g/mol. The molecule has 0 aromatic heterocycles. The Bertz CT molecular complexity index is 753. The molecule has 11 atom stereocenters. The molecule has 0 aromatic rings. The van der Waals surface area contributed by atoms with Crippen LogP contribution in [-0.4, -0.2) is 34.9 Å². The summed E-state index contributed by atoms with van der Waals surface area (Å²) in [4.78, 5) is 4.46. The Morgan fingerprint density at radius 1 is 1.00 bits per heavy atom. The van der Waals surface area contributed by atoms with Crippen LogP contribution in [0.15, 0.2) is 15.2 Å². The van der Waals surface area contributed by atoms with Crippen LogP contribution in [-0.2, 0) is 0 Å². The lowest BCUT2D eigenvalue weighted by atomic mass is 9.41. The molecule has 1 aliphatic heterocycles. The Hall–Kier alpha value is -0.810. The molecule has 174 valence electrons. The quantitative estimate of drug-likeness (QED) is 0.622. The maximum atomic E-state index is 11.8. The van der Waals surface area contributed by atoms with Crippen molar-refractivity contribution >= 4 is 5.84 Å². The predicted molar refractivity (Wildman–Crippen MR) is 123 cm³/mol. The summed E-state index contributed by atoms with van der Waals surface area (Å²) in [5.41, 5.74) is 0.599. The van der Waals surface area contributed by atoms with E-state index in [4.69, 9.17) is 0 Å². The zero-order valence-corrected chi connectivity index (χ0v) is 20.0. The Morgan fingerprint density at radius 3 is 2.45 bits per heavy atom. The van der Waals surface area contributed by atoms with Gasteiger partial charge in [0.2, 0.25) is 0 Å². The molecule has 4 fully saturated rings. The zero-order valence-electron chi connectivity index (χ0n) is 20.0. The average molecular weight is 430 g/mol. The molecule has 0 bridgehead atoms. The fourth-order valence-electron chi connectivity index (χ4n) is 9.73.